The van der Waals surface area contributed by atoms with E-state index in [1.807, 2.05) is 6.08 Å². The second-order valence-electron chi connectivity index (χ2n) is 3.99. The highest BCUT2D eigenvalue weighted by molar-refractivity contribution is 4.76. The molecule has 0 aliphatic carbocycles. The summed E-state index contributed by atoms with van der Waals surface area (Å²) >= 11 is 0. The van der Waals surface area contributed by atoms with E-state index in [1.165, 1.54) is 30.9 Å². The molecule has 0 aliphatic rings. The van der Waals surface area contributed by atoms with Crippen molar-refractivity contribution in [3.63, 3.8) is 0 Å². The third kappa shape index (κ3) is 11.9. The number of aliphatic hydroxyl groups excluding tert-OH is 2. The highest BCUT2D eigenvalue weighted by Gasteiger charge is 1.98. The number of allylic oxidation sites excluding steroid dienone is 1. The lowest BCUT2D eigenvalue weighted by Crippen LogP contribution is -2.22. The molecule has 5 heteroatoms. The standard InChI is InChI=1S/C13H27NO4/c1-2-3-4-5-6-7-8-9-14(17-12-10-15)18-13-11-16/h8-9,15-16H,2-7,10-13H2,1H3. The summed E-state index contributed by atoms with van der Waals surface area (Å²) in [7, 11) is 0. The van der Waals surface area contributed by atoms with Crippen LogP contribution >= 0.6 is 0 Å². The smallest absolute Gasteiger partial charge is 0.101 e. The van der Waals surface area contributed by atoms with E-state index in [0.29, 0.717) is 0 Å². The number of hydrogen-bond donors (Lipinski definition) is 2. The van der Waals surface area contributed by atoms with Gasteiger partial charge in [0.15, 0.2) is 0 Å². The Labute approximate surface area is 110 Å². The first kappa shape index (κ1) is 17.4. The van der Waals surface area contributed by atoms with Crippen molar-refractivity contribution < 1.29 is 19.9 Å². The summed E-state index contributed by atoms with van der Waals surface area (Å²) in [6.45, 7) is 2.42. The van der Waals surface area contributed by atoms with E-state index in [1.54, 1.807) is 6.20 Å². The maximum Gasteiger partial charge on any atom is 0.101 e. The summed E-state index contributed by atoms with van der Waals surface area (Å²) in [5, 5.41) is 18.5. The zero-order valence-corrected chi connectivity index (χ0v) is 11.4. The van der Waals surface area contributed by atoms with Crippen molar-refractivity contribution in [2.75, 3.05) is 26.4 Å². The Hall–Kier alpha value is -0.620. The summed E-state index contributed by atoms with van der Waals surface area (Å²) in [5.41, 5.74) is 0. The molecule has 18 heavy (non-hydrogen) atoms. The van der Waals surface area contributed by atoms with Crippen LogP contribution in [0, 0.1) is 0 Å². The molecule has 0 rings (SSSR count). The van der Waals surface area contributed by atoms with Gasteiger partial charge in [-0.1, -0.05) is 38.7 Å². The third-order valence-corrected chi connectivity index (χ3v) is 2.32. The van der Waals surface area contributed by atoms with Crippen molar-refractivity contribution in [3.8, 4) is 0 Å². The molecule has 0 atom stereocenters. The number of rotatable bonds is 13. The molecule has 0 saturated heterocycles. The Morgan fingerprint density at radius 3 is 2.11 bits per heavy atom. The topological polar surface area (TPSA) is 62.2 Å². The lowest BCUT2D eigenvalue weighted by molar-refractivity contribution is -0.339. The Kier molecular flexibility index (Phi) is 13.9. The first-order valence-corrected chi connectivity index (χ1v) is 6.78. The Morgan fingerprint density at radius 2 is 1.56 bits per heavy atom. The Balaban J connectivity index is 3.63. The maximum atomic E-state index is 8.65. The summed E-state index contributed by atoms with van der Waals surface area (Å²) in [6.07, 6.45) is 10.9. The largest absolute Gasteiger partial charge is 0.394 e. The predicted octanol–water partition coefficient (Wildman–Crippen LogP) is 2.01. The first-order valence-electron chi connectivity index (χ1n) is 6.78. The van der Waals surface area contributed by atoms with Crippen LogP contribution in [0.3, 0.4) is 0 Å². The van der Waals surface area contributed by atoms with Gasteiger partial charge < -0.3 is 10.2 Å². The fourth-order valence-electron chi connectivity index (χ4n) is 1.41. The molecule has 0 bridgehead atoms. The van der Waals surface area contributed by atoms with Crippen molar-refractivity contribution in [2.45, 2.75) is 45.4 Å². The van der Waals surface area contributed by atoms with E-state index >= 15 is 0 Å². The van der Waals surface area contributed by atoms with Crippen LogP contribution in [0.2, 0.25) is 0 Å². The molecule has 0 radical (unpaired) electrons. The molecule has 5 nitrogen and oxygen atoms in total. The number of hydrogen-bond acceptors (Lipinski definition) is 5. The molecule has 0 heterocycles. The van der Waals surface area contributed by atoms with Crippen LogP contribution < -0.4 is 0 Å². The number of unbranched alkanes of at least 4 members (excludes halogenated alkanes) is 5. The van der Waals surface area contributed by atoms with E-state index in [2.05, 4.69) is 6.92 Å². The van der Waals surface area contributed by atoms with Crippen LogP contribution in [0.15, 0.2) is 12.3 Å². The number of aliphatic hydroxyl groups is 2. The molecule has 0 fully saturated rings. The molecule has 2 N–H and O–H groups in total. The molecular formula is C13H27NO4. The van der Waals surface area contributed by atoms with Gasteiger partial charge in [0.1, 0.15) is 13.2 Å². The summed E-state index contributed by atoms with van der Waals surface area (Å²) < 4.78 is 0. The normalized spacial score (nSPS) is 11.3. The maximum absolute atomic E-state index is 8.65. The molecule has 0 saturated carbocycles. The van der Waals surface area contributed by atoms with Gasteiger partial charge in [0.2, 0.25) is 0 Å². The van der Waals surface area contributed by atoms with Gasteiger partial charge in [-0.05, 0) is 12.8 Å². The fraction of sp³-hybridized carbons (Fsp3) is 0.846. The van der Waals surface area contributed by atoms with Crippen LogP contribution in [0.4, 0.5) is 0 Å². The second kappa shape index (κ2) is 14.4. The SMILES string of the molecule is CCCCCCCC=CN(OCCO)OCCO. The van der Waals surface area contributed by atoms with Crippen LogP contribution in [0.5, 0.6) is 0 Å². The average molecular weight is 261 g/mol. The van der Waals surface area contributed by atoms with Crippen molar-refractivity contribution in [3.05, 3.63) is 12.3 Å². The molecule has 0 aromatic rings. The van der Waals surface area contributed by atoms with E-state index in [9.17, 15) is 0 Å². The third-order valence-electron chi connectivity index (χ3n) is 2.32. The lowest BCUT2D eigenvalue weighted by Gasteiger charge is -2.17. The van der Waals surface area contributed by atoms with Crippen molar-refractivity contribution in [1.82, 2.24) is 5.23 Å². The average Bonchev–Trinajstić information content (AvgIpc) is 2.40. The van der Waals surface area contributed by atoms with Gasteiger partial charge in [-0.2, -0.15) is 0 Å². The molecule has 0 amide bonds. The van der Waals surface area contributed by atoms with E-state index < -0.39 is 0 Å². The summed E-state index contributed by atoms with van der Waals surface area (Å²) in [6, 6.07) is 0. The fourth-order valence-corrected chi connectivity index (χ4v) is 1.41. The minimum Gasteiger partial charge on any atom is -0.394 e. The van der Waals surface area contributed by atoms with Gasteiger partial charge >= 0.3 is 0 Å². The molecular weight excluding hydrogens is 234 g/mol. The van der Waals surface area contributed by atoms with Crippen LogP contribution in [-0.2, 0) is 9.68 Å². The minimum atomic E-state index is -0.0656. The van der Waals surface area contributed by atoms with E-state index in [4.69, 9.17) is 19.9 Å². The van der Waals surface area contributed by atoms with E-state index in [0.717, 1.165) is 12.8 Å². The van der Waals surface area contributed by atoms with Crippen molar-refractivity contribution in [2.24, 2.45) is 0 Å². The molecule has 0 spiro atoms. The molecule has 108 valence electrons. The Bertz CT molecular complexity index is 180. The van der Waals surface area contributed by atoms with Crippen LogP contribution in [-0.4, -0.2) is 41.9 Å². The lowest BCUT2D eigenvalue weighted by atomic mass is 10.1. The second-order valence-corrected chi connectivity index (χ2v) is 3.99. The molecule has 0 aromatic carbocycles. The highest BCUT2D eigenvalue weighted by atomic mass is 16.9. The van der Waals surface area contributed by atoms with Gasteiger partial charge in [0.25, 0.3) is 0 Å². The van der Waals surface area contributed by atoms with Gasteiger partial charge in [0.05, 0.1) is 19.4 Å². The highest BCUT2D eigenvalue weighted by Crippen LogP contribution is 2.06. The quantitative estimate of drug-likeness (QED) is 0.392. The van der Waals surface area contributed by atoms with Gasteiger partial charge in [-0.15, -0.1) is 5.23 Å². The van der Waals surface area contributed by atoms with Gasteiger partial charge in [0, 0.05) is 0 Å². The molecule has 0 aromatic heterocycles. The zero-order valence-electron chi connectivity index (χ0n) is 11.4. The number of hydroxylamine groups is 2. The van der Waals surface area contributed by atoms with Crippen LogP contribution in [0.25, 0.3) is 0 Å². The molecule has 0 aliphatic heterocycles. The summed E-state index contributed by atoms with van der Waals surface area (Å²) in [5.74, 6) is 0. The minimum absolute atomic E-state index is 0.0656. The van der Waals surface area contributed by atoms with Crippen molar-refractivity contribution >= 4 is 0 Å². The molecule has 0 unspecified atom stereocenters. The predicted molar refractivity (Wildman–Crippen MR) is 70.4 cm³/mol. The van der Waals surface area contributed by atoms with Gasteiger partial charge in [-0.3, -0.25) is 0 Å². The van der Waals surface area contributed by atoms with Gasteiger partial charge in [-0.25, -0.2) is 9.68 Å². The summed E-state index contributed by atoms with van der Waals surface area (Å²) in [4.78, 5) is 10.2. The monoisotopic (exact) mass is 261 g/mol. The zero-order chi connectivity index (χ0) is 13.5. The van der Waals surface area contributed by atoms with Crippen LogP contribution in [0.1, 0.15) is 45.4 Å². The number of nitrogens with zero attached hydrogens (tertiary/aromatic N) is 1. The first-order chi connectivity index (χ1) is 8.85. The van der Waals surface area contributed by atoms with Crippen molar-refractivity contribution in [1.29, 1.82) is 0 Å². The van der Waals surface area contributed by atoms with E-state index in [-0.39, 0.29) is 26.4 Å². The Morgan fingerprint density at radius 1 is 0.944 bits per heavy atom.